The second-order valence-electron chi connectivity index (χ2n) is 6.94. The van der Waals surface area contributed by atoms with Crippen molar-refractivity contribution < 1.29 is 39.2 Å². The van der Waals surface area contributed by atoms with E-state index in [1.54, 1.807) is 0 Å². The number of carboxylic acids is 1. The standard InChI is InChI=1S/C18H26O8/c1-2-3-4-5-6-7-8-9-10-12-11-17(16(23)25-12)18(24,15(21)22)13(19)14(20)26-17/h2,12-13,19,24H,1,3-11H2,(H,21,22). The first-order valence-corrected chi connectivity index (χ1v) is 8.98. The van der Waals surface area contributed by atoms with Gasteiger partial charge in [0, 0.05) is 6.42 Å². The van der Waals surface area contributed by atoms with Crippen LogP contribution in [-0.4, -0.2) is 56.6 Å². The Balaban J connectivity index is 1.87. The summed E-state index contributed by atoms with van der Waals surface area (Å²) in [4.78, 5) is 35.3. The van der Waals surface area contributed by atoms with Gasteiger partial charge in [0.2, 0.25) is 5.60 Å². The lowest BCUT2D eigenvalue weighted by atomic mass is 9.78. The normalized spacial score (nSPS) is 33.3. The first kappa shape index (κ1) is 20.4. The van der Waals surface area contributed by atoms with Crippen LogP contribution in [0.15, 0.2) is 12.7 Å². The minimum Gasteiger partial charge on any atom is -0.479 e. The predicted molar refractivity (Wildman–Crippen MR) is 89.0 cm³/mol. The maximum Gasteiger partial charge on any atom is 0.354 e. The molecule has 2 saturated heterocycles. The van der Waals surface area contributed by atoms with Gasteiger partial charge in [-0.2, -0.15) is 0 Å². The molecule has 0 saturated carbocycles. The number of rotatable bonds is 10. The molecule has 2 rings (SSSR count). The molecule has 2 aliphatic rings. The number of carbonyl (C=O) groups is 3. The van der Waals surface area contributed by atoms with Gasteiger partial charge >= 0.3 is 17.9 Å². The molecule has 1 spiro atoms. The maximum atomic E-state index is 12.2. The molecule has 0 bridgehead atoms. The topological polar surface area (TPSA) is 130 Å². The van der Waals surface area contributed by atoms with Crippen molar-refractivity contribution in [1.29, 1.82) is 0 Å². The van der Waals surface area contributed by atoms with E-state index in [-0.39, 0.29) is 6.42 Å². The second-order valence-corrected chi connectivity index (χ2v) is 6.94. The fourth-order valence-electron chi connectivity index (χ4n) is 3.60. The minimum atomic E-state index is -3.04. The molecule has 0 radical (unpaired) electrons. The molecular weight excluding hydrogens is 344 g/mol. The van der Waals surface area contributed by atoms with E-state index in [2.05, 4.69) is 6.58 Å². The zero-order valence-electron chi connectivity index (χ0n) is 14.7. The van der Waals surface area contributed by atoms with Gasteiger partial charge < -0.3 is 24.8 Å². The van der Waals surface area contributed by atoms with Crippen molar-refractivity contribution in [2.45, 2.75) is 81.2 Å². The Hall–Kier alpha value is -1.93. The Morgan fingerprint density at radius 2 is 1.81 bits per heavy atom. The predicted octanol–water partition coefficient (Wildman–Crippen LogP) is 1.08. The van der Waals surface area contributed by atoms with E-state index >= 15 is 0 Å². The Kier molecular flexibility index (Phi) is 6.41. The Labute approximate surface area is 151 Å². The van der Waals surface area contributed by atoms with Gasteiger partial charge in [-0.15, -0.1) is 6.58 Å². The molecule has 0 amide bonds. The van der Waals surface area contributed by atoms with E-state index in [4.69, 9.17) is 9.47 Å². The zero-order chi connectivity index (χ0) is 19.4. The van der Waals surface area contributed by atoms with Crippen LogP contribution in [0.5, 0.6) is 0 Å². The summed E-state index contributed by atoms with van der Waals surface area (Å²) in [5, 5.41) is 29.4. The zero-order valence-corrected chi connectivity index (χ0v) is 14.7. The van der Waals surface area contributed by atoms with E-state index in [9.17, 15) is 29.7 Å². The molecule has 146 valence electrons. The molecule has 0 aromatic carbocycles. The van der Waals surface area contributed by atoms with E-state index < -0.39 is 41.3 Å². The first-order chi connectivity index (χ1) is 12.3. The van der Waals surface area contributed by atoms with Crippen LogP contribution in [0, 0.1) is 0 Å². The van der Waals surface area contributed by atoms with Crippen LogP contribution in [0.4, 0.5) is 0 Å². The third-order valence-electron chi connectivity index (χ3n) is 5.14. The number of hydrogen-bond donors (Lipinski definition) is 3. The van der Waals surface area contributed by atoms with Crippen LogP contribution in [0.25, 0.3) is 0 Å². The van der Waals surface area contributed by atoms with Crippen molar-refractivity contribution in [3.05, 3.63) is 12.7 Å². The van der Waals surface area contributed by atoms with Crippen molar-refractivity contribution in [3.8, 4) is 0 Å². The van der Waals surface area contributed by atoms with Crippen LogP contribution in [0.1, 0.15) is 57.8 Å². The summed E-state index contributed by atoms with van der Waals surface area (Å²) in [7, 11) is 0. The quantitative estimate of drug-likeness (QED) is 0.296. The number of aliphatic carboxylic acids is 1. The van der Waals surface area contributed by atoms with Crippen molar-refractivity contribution in [3.63, 3.8) is 0 Å². The van der Waals surface area contributed by atoms with E-state index in [1.807, 2.05) is 6.08 Å². The van der Waals surface area contributed by atoms with Gasteiger partial charge in [-0.05, 0) is 25.7 Å². The SMILES string of the molecule is C=CCCCCCCCCC1CC2(OC(=O)C(O)C2(O)C(=O)O)C(=O)O1. The number of hydrogen-bond acceptors (Lipinski definition) is 7. The van der Waals surface area contributed by atoms with Crippen LogP contribution >= 0.6 is 0 Å². The van der Waals surface area contributed by atoms with Gasteiger partial charge in [-0.25, -0.2) is 14.4 Å². The molecule has 2 aliphatic heterocycles. The number of cyclic esters (lactones) is 1. The molecule has 2 heterocycles. The molecule has 26 heavy (non-hydrogen) atoms. The maximum absolute atomic E-state index is 12.2. The number of carboxylic acid groups (broad SMARTS) is 1. The van der Waals surface area contributed by atoms with Gasteiger partial charge in [-0.3, -0.25) is 0 Å². The summed E-state index contributed by atoms with van der Waals surface area (Å²) in [6, 6.07) is 0. The number of unbranched alkanes of at least 4 members (excludes halogenated alkanes) is 6. The van der Waals surface area contributed by atoms with Gasteiger partial charge in [0.1, 0.15) is 6.10 Å². The summed E-state index contributed by atoms with van der Waals surface area (Å²) in [5.41, 5.74) is -5.42. The van der Waals surface area contributed by atoms with Crippen molar-refractivity contribution in [2.75, 3.05) is 0 Å². The highest BCUT2D eigenvalue weighted by atomic mass is 16.7. The van der Waals surface area contributed by atoms with Gasteiger partial charge in [0.25, 0.3) is 5.60 Å². The number of ether oxygens (including phenoxy) is 2. The molecule has 0 aromatic heterocycles. The molecule has 8 heteroatoms. The first-order valence-electron chi connectivity index (χ1n) is 8.98. The summed E-state index contributed by atoms with van der Waals surface area (Å²) in [5.74, 6) is -4.36. The van der Waals surface area contributed by atoms with Crippen LogP contribution in [0.2, 0.25) is 0 Å². The number of aliphatic hydroxyl groups excluding tert-OH is 1. The fourth-order valence-corrected chi connectivity index (χ4v) is 3.60. The Morgan fingerprint density at radius 1 is 1.19 bits per heavy atom. The van der Waals surface area contributed by atoms with E-state index in [0.29, 0.717) is 6.42 Å². The van der Waals surface area contributed by atoms with Gasteiger partial charge in [0.05, 0.1) is 0 Å². The highest BCUT2D eigenvalue weighted by Crippen LogP contribution is 2.46. The van der Waals surface area contributed by atoms with E-state index in [1.165, 1.54) is 0 Å². The lowest BCUT2D eigenvalue weighted by molar-refractivity contribution is -0.195. The molecule has 2 fully saturated rings. The average molecular weight is 370 g/mol. The summed E-state index contributed by atoms with van der Waals surface area (Å²) in [6.45, 7) is 3.68. The average Bonchev–Trinajstić information content (AvgIpc) is 3.01. The third kappa shape index (κ3) is 3.48. The lowest BCUT2D eigenvalue weighted by Gasteiger charge is -2.30. The fraction of sp³-hybridized carbons (Fsp3) is 0.722. The summed E-state index contributed by atoms with van der Waals surface area (Å²) < 4.78 is 9.96. The molecule has 0 aliphatic carbocycles. The minimum absolute atomic E-state index is 0.281. The van der Waals surface area contributed by atoms with Crippen LogP contribution in [-0.2, 0) is 23.9 Å². The highest BCUT2D eigenvalue weighted by molar-refractivity contribution is 6.02. The summed E-state index contributed by atoms with van der Waals surface area (Å²) in [6.07, 6.45) is 6.20. The highest BCUT2D eigenvalue weighted by Gasteiger charge is 2.78. The molecule has 4 atom stereocenters. The number of carbonyl (C=O) groups excluding carboxylic acids is 2. The van der Waals surface area contributed by atoms with Crippen molar-refractivity contribution >= 4 is 17.9 Å². The molecule has 8 nitrogen and oxygen atoms in total. The summed E-state index contributed by atoms with van der Waals surface area (Å²) >= 11 is 0. The molecule has 0 aromatic rings. The molecular formula is C18H26O8. The van der Waals surface area contributed by atoms with Gasteiger partial charge in [0.15, 0.2) is 6.10 Å². The lowest BCUT2D eigenvalue weighted by Crippen LogP contribution is -2.63. The third-order valence-corrected chi connectivity index (χ3v) is 5.14. The number of esters is 2. The van der Waals surface area contributed by atoms with Crippen molar-refractivity contribution in [2.24, 2.45) is 0 Å². The Morgan fingerprint density at radius 3 is 2.42 bits per heavy atom. The number of allylic oxidation sites excluding steroid dienone is 1. The molecule has 3 N–H and O–H groups in total. The number of aliphatic hydroxyl groups is 2. The van der Waals surface area contributed by atoms with Gasteiger partial charge in [-0.1, -0.05) is 31.8 Å². The van der Waals surface area contributed by atoms with Crippen molar-refractivity contribution in [1.82, 2.24) is 0 Å². The van der Waals surface area contributed by atoms with Crippen LogP contribution in [0.3, 0.4) is 0 Å². The molecule has 4 unspecified atom stereocenters. The Bertz CT molecular complexity index is 574. The largest absolute Gasteiger partial charge is 0.479 e. The van der Waals surface area contributed by atoms with E-state index in [0.717, 1.165) is 44.9 Å². The smallest absolute Gasteiger partial charge is 0.354 e. The second kappa shape index (κ2) is 8.18. The monoisotopic (exact) mass is 370 g/mol. The van der Waals surface area contributed by atoms with Crippen LogP contribution < -0.4 is 0 Å².